The molecule has 0 fully saturated rings. The molecule has 0 bridgehead atoms. The Balaban J connectivity index is 2.70. The molecule has 1 aromatic heterocycles. The summed E-state index contributed by atoms with van der Waals surface area (Å²) >= 11 is 0. The molecule has 1 aromatic rings. The third-order valence-electron chi connectivity index (χ3n) is 1.60. The Hall–Kier alpha value is -1.36. The summed E-state index contributed by atoms with van der Waals surface area (Å²) in [7, 11) is 0. The van der Waals surface area contributed by atoms with E-state index in [-0.39, 0.29) is 12.3 Å². The Morgan fingerprint density at radius 2 is 2.45 bits per heavy atom. The first-order chi connectivity index (χ1) is 5.27. The van der Waals surface area contributed by atoms with E-state index in [4.69, 9.17) is 4.74 Å². The molecular weight excluding hydrogens is 148 g/mol. The molecule has 0 amide bonds. The standard InChI is InChI=1S/C6H6N2O3/c9-6-2-7(10)1-5-3-11-4-8(5)6/h1-2H,3-4H2. The van der Waals surface area contributed by atoms with Crippen molar-refractivity contribution in [1.29, 1.82) is 0 Å². The van der Waals surface area contributed by atoms with E-state index in [9.17, 15) is 10.0 Å². The SMILES string of the molecule is O=c1c[n+]([O-])cc2n1COC2. The number of rotatable bonds is 0. The molecule has 0 atom stereocenters. The molecule has 11 heavy (non-hydrogen) atoms. The maximum Gasteiger partial charge on any atom is 0.318 e. The summed E-state index contributed by atoms with van der Waals surface area (Å²) in [5, 5.41) is 10.7. The lowest BCUT2D eigenvalue weighted by Crippen LogP contribution is -2.35. The van der Waals surface area contributed by atoms with Gasteiger partial charge in [-0.2, -0.15) is 4.73 Å². The minimum absolute atomic E-state index is 0.259. The average molecular weight is 154 g/mol. The van der Waals surface area contributed by atoms with Crippen LogP contribution in [0.4, 0.5) is 0 Å². The smallest absolute Gasteiger partial charge is 0.318 e. The topological polar surface area (TPSA) is 58.2 Å². The highest BCUT2D eigenvalue weighted by atomic mass is 16.5. The third kappa shape index (κ3) is 0.894. The van der Waals surface area contributed by atoms with Gasteiger partial charge in [-0.15, -0.1) is 0 Å². The lowest BCUT2D eigenvalue weighted by atomic mass is 10.5. The molecule has 0 unspecified atom stereocenters. The Morgan fingerprint density at radius 3 is 3.27 bits per heavy atom. The molecular formula is C6H6N2O3. The predicted octanol–water partition coefficient (Wildman–Crippen LogP) is -1.03. The van der Waals surface area contributed by atoms with Crippen LogP contribution < -0.4 is 10.3 Å². The highest BCUT2D eigenvalue weighted by molar-refractivity contribution is 4.95. The lowest BCUT2D eigenvalue weighted by Gasteiger charge is -1.98. The molecule has 5 nitrogen and oxygen atoms in total. The van der Waals surface area contributed by atoms with Gasteiger partial charge in [0.15, 0.2) is 0 Å². The lowest BCUT2D eigenvalue weighted by molar-refractivity contribution is -0.607. The van der Waals surface area contributed by atoms with E-state index >= 15 is 0 Å². The average Bonchev–Trinajstić information content (AvgIpc) is 2.34. The molecule has 0 saturated carbocycles. The van der Waals surface area contributed by atoms with E-state index in [1.165, 1.54) is 10.8 Å². The Labute approximate surface area is 62.0 Å². The van der Waals surface area contributed by atoms with Gasteiger partial charge in [-0.3, -0.25) is 9.36 Å². The normalized spacial score (nSPS) is 14.9. The molecule has 1 aliphatic rings. The van der Waals surface area contributed by atoms with Crippen LogP contribution in [0.25, 0.3) is 0 Å². The minimum atomic E-state index is -0.310. The van der Waals surface area contributed by atoms with Gasteiger partial charge in [0.05, 0.1) is 6.61 Å². The largest absolute Gasteiger partial charge is 0.619 e. The summed E-state index contributed by atoms with van der Waals surface area (Å²) in [6, 6.07) is 0. The van der Waals surface area contributed by atoms with Gasteiger partial charge >= 0.3 is 5.56 Å². The van der Waals surface area contributed by atoms with Gasteiger partial charge in [-0.05, 0) is 0 Å². The van der Waals surface area contributed by atoms with Crippen LogP contribution in [0.15, 0.2) is 17.2 Å². The molecule has 1 aliphatic heterocycles. The first-order valence-corrected chi connectivity index (χ1v) is 3.17. The van der Waals surface area contributed by atoms with Gasteiger partial charge in [-0.1, -0.05) is 0 Å². The van der Waals surface area contributed by atoms with Gasteiger partial charge in [0, 0.05) is 0 Å². The third-order valence-corrected chi connectivity index (χ3v) is 1.60. The molecule has 0 N–H and O–H groups in total. The van der Waals surface area contributed by atoms with Crippen molar-refractivity contribution in [3.05, 3.63) is 33.6 Å². The van der Waals surface area contributed by atoms with Crippen molar-refractivity contribution < 1.29 is 9.47 Å². The van der Waals surface area contributed by atoms with Crippen molar-refractivity contribution in [2.24, 2.45) is 0 Å². The number of hydrogen-bond donors (Lipinski definition) is 0. The summed E-state index contributed by atoms with van der Waals surface area (Å²) < 4.78 is 6.89. The van der Waals surface area contributed by atoms with Crippen LogP contribution in [0.2, 0.25) is 0 Å². The minimum Gasteiger partial charge on any atom is -0.619 e. The second-order valence-corrected chi connectivity index (χ2v) is 2.35. The zero-order valence-electron chi connectivity index (χ0n) is 5.69. The van der Waals surface area contributed by atoms with Crippen molar-refractivity contribution in [1.82, 2.24) is 4.57 Å². The maximum absolute atomic E-state index is 11.0. The van der Waals surface area contributed by atoms with Gasteiger partial charge < -0.3 is 9.94 Å². The van der Waals surface area contributed by atoms with Crippen LogP contribution in [-0.2, 0) is 18.1 Å². The summed E-state index contributed by atoms with van der Waals surface area (Å²) in [6.07, 6.45) is 2.33. The van der Waals surface area contributed by atoms with E-state index in [1.807, 2.05) is 0 Å². The Kier molecular flexibility index (Phi) is 1.19. The summed E-state index contributed by atoms with van der Waals surface area (Å²) in [4.78, 5) is 11.0. The van der Waals surface area contributed by atoms with Crippen molar-refractivity contribution in [3.63, 3.8) is 0 Å². The fourth-order valence-corrected chi connectivity index (χ4v) is 1.08. The quantitative estimate of drug-likeness (QED) is 0.354. The molecule has 0 spiro atoms. The fourth-order valence-electron chi connectivity index (χ4n) is 1.08. The van der Waals surface area contributed by atoms with E-state index in [1.54, 1.807) is 0 Å². The fraction of sp³-hybridized carbons (Fsp3) is 0.333. The van der Waals surface area contributed by atoms with Gasteiger partial charge in [0.25, 0.3) is 0 Å². The first-order valence-electron chi connectivity index (χ1n) is 3.17. The van der Waals surface area contributed by atoms with E-state index < -0.39 is 0 Å². The van der Waals surface area contributed by atoms with Crippen LogP contribution in [0.5, 0.6) is 0 Å². The number of hydrogen-bond acceptors (Lipinski definition) is 3. The van der Waals surface area contributed by atoms with Crippen molar-refractivity contribution in [2.45, 2.75) is 13.3 Å². The van der Waals surface area contributed by atoms with Crippen LogP contribution in [0, 0.1) is 5.21 Å². The van der Waals surface area contributed by atoms with Crippen LogP contribution in [0.1, 0.15) is 5.69 Å². The van der Waals surface area contributed by atoms with Crippen molar-refractivity contribution >= 4 is 0 Å². The van der Waals surface area contributed by atoms with E-state index in [0.717, 1.165) is 6.20 Å². The zero-order chi connectivity index (χ0) is 7.84. The predicted molar refractivity (Wildman–Crippen MR) is 34.5 cm³/mol. The molecule has 0 aromatic carbocycles. The molecule has 0 aliphatic carbocycles. The van der Waals surface area contributed by atoms with Crippen LogP contribution in [-0.4, -0.2) is 4.57 Å². The second kappa shape index (κ2) is 2.06. The number of nitrogens with zero attached hydrogens (tertiary/aromatic N) is 2. The zero-order valence-corrected chi connectivity index (χ0v) is 5.69. The Morgan fingerprint density at radius 1 is 1.64 bits per heavy atom. The molecule has 2 heterocycles. The molecule has 0 saturated heterocycles. The maximum atomic E-state index is 11.0. The number of ether oxygens (including phenoxy) is 1. The number of aromatic nitrogens is 2. The van der Waals surface area contributed by atoms with Gasteiger partial charge in [0.1, 0.15) is 12.4 Å². The molecule has 58 valence electrons. The summed E-state index contributed by atoms with van der Waals surface area (Å²) in [5.74, 6) is 0. The van der Waals surface area contributed by atoms with E-state index in [2.05, 4.69) is 0 Å². The summed E-state index contributed by atoms with van der Waals surface area (Å²) in [5.41, 5.74) is 0.322. The van der Waals surface area contributed by atoms with Crippen molar-refractivity contribution in [3.8, 4) is 0 Å². The molecule has 5 heteroatoms. The van der Waals surface area contributed by atoms with Crippen LogP contribution >= 0.6 is 0 Å². The Bertz CT molecular complexity index is 344. The second-order valence-electron chi connectivity index (χ2n) is 2.35. The molecule has 0 radical (unpaired) electrons. The highest BCUT2D eigenvalue weighted by Gasteiger charge is 2.14. The van der Waals surface area contributed by atoms with Crippen LogP contribution in [0.3, 0.4) is 0 Å². The van der Waals surface area contributed by atoms with Gasteiger partial charge in [-0.25, -0.2) is 0 Å². The first kappa shape index (κ1) is 6.36. The van der Waals surface area contributed by atoms with E-state index in [0.29, 0.717) is 17.0 Å². The number of fused-ring (bicyclic) bond motifs is 1. The van der Waals surface area contributed by atoms with Crippen molar-refractivity contribution in [2.75, 3.05) is 0 Å². The summed E-state index contributed by atoms with van der Waals surface area (Å²) in [6.45, 7) is 0.604. The highest BCUT2D eigenvalue weighted by Crippen LogP contribution is 2.04. The van der Waals surface area contributed by atoms with Gasteiger partial charge in [0.2, 0.25) is 12.4 Å². The molecule has 2 rings (SSSR count). The monoisotopic (exact) mass is 154 g/mol.